The summed E-state index contributed by atoms with van der Waals surface area (Å²) in [5.41, 5.74) is 9.29. The first-order valence-corrected chi connectivity index (χ1v) is 8.53. The van der Waals surface area contributed by atoms with E-state index in [2.05, 4.69) is 31.8 Å². The molecule has 0 aliphatic heterocycles. The monoisotopic (exact) mass is 324 g/mol. The first-order valence-electron chi connectivity index (χ1n) is 8.53. The summed E-state index contributed by atoms with van der Waals surface area (Å²) in [6.07, 6.45) is 5.97. The maximum Gasteiger partial charge on any atom is 0.181 e. The van der Waals surface area contributed by atoms with Crippen LogP contribution in [0.4, 0.5) is 0 Å². The third-order valence-electron chi connectivity index (χ3n) is 4.05. The summed E-state index contributed by atoms with van der Waals surface area (Å²) in [6, 6.07) is 5.97. The molecule has 1 atom stereocenters. The molecule has 0 amide bonds. The number of nitrogens with zero attached hydrogens (tertiary/aromatic N) is 3. The van der Waals surface area contributed by atoms with Crippen molar-refractivity contribution < 1.29 is 4.42 Å². The van der Waals surface area contributed by atoms with E-state index in [4.69, 9.17) is 20.1 Å². The van der Waals surface area contributed by atoms with Crippen LogP contribution in [-0.2, 0) is 6.42 Å². The maximum absolute atomic E-state index is 6.31. The number of benzene rings is 1. The fourth-order valence-corrected chi connectivity index (χ4v) is 2.93. The molecule has 0 bridgehead atoms. The summed E-state index contributed by atoms with van der Waals surface area (Å²) in [6.45, 7) is 6.48. The van der Waals surface area contributed by atoms with Gasteiger partial charge in [-0.1, -0.05) is 27.2 Å². The fraction of sp³-hybridized carbons (Fsp3) is 0.421. The second-order valence-electron chi connectivity index (χ2n) is 6.61. The van der Waals surface area contributed by atoms with Crippen LogP contribution in [-0.4, -0.2) is 15.0 Å². The van der Waals surface area contributed by atoms with Crippen molar-refractivity contribution in [3.63, 3.8) is 0 Å². The molecule has 126 valence electrons. The molecular formula is C19H24N4O. The van der Waals surface area contributed by atoms with Crippen LogP contribution < -0.4 is 5.73 Å². The molecule has 2 aromatic heterocycles. The number of oxazole rings is 1. The van der Waals surface area contributed by atoms with Crippen molar-refractivity contribution in [2.45, 2.75) is 46.1 Å². The molecule has 5 nitrogen and oxygen atoms in total. The van der Waals surface area contributed by atoms with Crippen LogP contribution in [0.1, 0.15) is 51.2 Å². The van der Waals surface area contributed by atoms with Gasteiger partial charge in [-0.3, -0.25) is 0 Å². The van der Waals surface area contributed by atoms with E-state index in [9.17, 15) is 0 Å². The van der Waals surface area contributed by atoms with Crippen molar-refractivity contribution in [1.82, 2.24) is 15.0 Å². The number of hydrogen-bond acceptors (Lipinski definition) is 5. The lowest BCUT2D eigenvalue weighted by Gasteiger charge is -2.15. The Kier molecular flexibility index (Phi) is 4.90. The highest BCUT2D eigenvalue weighted by Gasteiger charge is 2.15. The first-order chi connectivity index (χ1) is 11.6. The van der Waals surface area contributed by atoms with Crippen LogP contribution >= 0.6 is 0 Å². The average molecular weight is 324 g/mol. The first kappa shape index (κ1) is 16.6. The highest BCUT2D eigenvalue weighted by Crippen LogP contribution is 2.27. The van der Waals surface area contributed by atoms with E-state index in [-0.39, 0.29) is 6.04 Å². The smallest absolute Gasteiger partial charge is 0.181 e. The molecule has 2 heterocycles. The molecule has 5 heteroatoms. The van der Waals surface area contributed by atoms with Crippen molar-refractivity contribution in [2.75, 3.05) is 0 Å². The number of nitrogens with two attached hydrogens (primary N) is 1. The van der Waals surface area contributed by atoms with Gasteiger partial charge in [-0.2, -0.15) is 0 Å². The number of aromatic nitrogens is 3. The lowest BCUT2D eigenvalue weighted by molar-refractivity contribution is 0.493. The molecule has 2 N–H and O–H groups in total. The summed E-state index contributed by atoms with van der Waals surface area (Å²) >= 11 is 0. The van der Waals surface area contributed by atoms with Crippen molar-refractivity contribution in [3.8, 4) is 11.3 Å². The second-order valence-corrected chi connectivity index (χ2v) is 6.61. The Morgan fingerprint density at radius 1 is 1.21 bits per heavy atom. The van der Waals surface area contributed by atoms with Crippen LogP contribution in [0.2, 0.25) is 0 Å². The van der Waals surface area contributed by atoms with E-state index in [1.165, 1.54) is 6.39 Å². The maximum atomic E-state index is 6.31. The van der Waals surface area contributed by atoms with Crippen LogP contribution in [0.3, 0.4) is 0 Å². The van der Waals surface area contributed by atoms with Crippen LogP contribution in [0.25, 0.3) is 22.2 Å². The Balaban J connectivity index is 2.08. The normalized spacial score (nSPS) is 12.9. The minimum atomic E-state index is -0.126. The van der Waals surface area contributed by atoms with Gasteiger partial charge in [0.05, 0.1) is 23.4 Å². The highest BCUT2D eigenvalue weighted by atomic mass is 16.3. The molecule has 1 aromatic carbocycles. The van der Waals surface area contributed by atoms with Gasteiger partial charge in [0, 0.05) is 10.9 Å². The van der Waals surface area contributed by atoms with Gasteiger partial charge in [0.2, 0.25) is 0 Å². The van der Waals surface area contributed by atoms with Gasteiger partial charge in [-0.15, -0.1) is 0 Å². The summed E-state index contributed by atoms with van der Waals surface area (Å²) in [4.78, 5) is 13.5. The third kappa shape index (κ3) is 3.46. The number of rotatable bonds is 6. The van der Waals surface area contributed by atoms with E-state index in [0.717, 1.165) is 53.0 Å². The zero-order chi connectivity index (χ0) is 17.1. The van der Waals surface area contributed by atoms with Crippen molar-refractivity contribution in [2.24, 2.45) is 11.7 Å². The Morgan fingerprint density at radius 2 is 2.04 bits per heavy atom. The minimum absolute atomic E-state index is 0.126. The largest absolute Gasteiger partial charge is 0.444 e. The Bertz CT molecular complexity index is 812. The van der Waals surface area contributed by atoms with E-state index in [1.807, 2.05) is 12.1 Å². The average Bonchev–Trinajstić information content (AvgIpc) is 3.08. The van der Waals surface area contributed by atoms with E-state index in [1.54, 1.807) is 6.20 Å². The predicted octanol–water partition coefficient (Wildman–Crippen LogP) is 4.28. The van der Waals surface area contributed by atoms with Crippen molar-refractivity contribution in [1.29, 1.82) is 0 Å². The third-order valence-corrected chi connectivity index (χ3v) is 4.05. The highest BCUT2D eigenvalue weighted by molar-refractivity contribution is 5.85. The molecule has 0 aliphatic carbocycles. The zero-order valence-electron chi connectivity index (χ0n) is 14.5. The second kappa shape index (κ2) is 7.09. The molecule has 0 saturated heterocycles. The molecular weight excluding hydrogens is 300 g/mol. The Morgan fingerprint density at radius 3 is 2.71 bits per heavy atom. The zero-order valence-corrected chi connectivity index (χ0v) is 14.5. The molecule has 0 radical (unpaired) electrons. The van der Waals surface area contributed by atoms with Gasteiger partial charge in [0.1, 0.15) is 5.82 Å². The van der Waals surface area contributed by atoms with Crippen LogP contribution in [0.5, 0.6) is 0 Å². The van der Waals surface area contributed by atoms with Crippen LogP contribution in [0.15, 0.2) is 35.2 Å². The molecule has 1 unspecified atom stereocenters. The van der Waals surface area contributed by atoms with Gasteiger partial charge < -0.3 is 10.2 Å². The minimum Gasteiger partial charge on any atom is -0.444 e. The molecule has 24 heavy (non-hydrogen) atoms. The summed E-state index contributed by atoms with van der Waals surface area (Å²) in [5.74, 6) is 2.01. The molecule has 0 spiro atoms. The predicted molar refractivity (Wildman–Crippen MR) is 95.4 cm³/mol. The van der Waals surface area contributed by atoms with Gasteiger partial charge in [0.15, 0.2) is 12.2 Å². The quantitative estimate of drug-likeness (QED) is 0.732. The number of hydrogen-bond donors (Lipinski definition) is 1. The van der Waals surface area contributed by atoms with Gasteiger partial charge in [-0.05, 0) is 37.0 Å². The standard InChI is InChI=1S/C19H24N4O/c1-4-5-16-14-9-13(18-10-21-11-24-18)6-7-17(14)23-19(22-16)15(20)8-12(2)3/h6-7,9-12,15H,4-5,8,20H2,1-3H3. The van der Waals surface area contributed by atoms with Gasteiger partial charge in [-0.25, -0.2) is 15.0 Å². The van der Waals surface area contributed by atoms with Gasteiger partial charge in [0.25, 0.3) is 0 Å². The molecule has 0 fully saturated rings. The lowest BCUT2D eigenvalue weighted by atomic mass is 10.0. The number of aryl methyl sites for hydroxylation is 1. The van der Waals surface area contributed by atoms with Crippen molar-refractivity contribution in [3.05, 3.63) is 42.3 Å². The van der Waals surface area contributed by atoms with Crippen molar-refractivity contribution >= 4 is 10.9 Å². The Hall–Kier alpha value is -2.27. The van der Waals surface area contributed by atoms with E-state index in [0.29, 0.717) is 5.92 Å². The van der Waals surface area contributed by atoms with Gasteiger partial charge >= 0.3 is 0 Å². The fourth-order valence-electron chi connectivity index (χ4n) is 2.93. The summed E-state index contributed by atoms with van der Waals surface area (Å²) < 4.78 is 5.40. The SMILES string of the molecule is CCCc1nc(C(N)CC(C)C)nc2ccc(-c3cnco3)cc12. The number of fused-ring (bicyclic) bond motifs is 1. The Labute approximate surface area is 142 Å². The lowest BCUT2D eigenvalue weighted by Crippen LogP contribution is -2.17. The molecule has 3 aromatic rings. The topological polar surface area (TPSA) is 77.8 Å². The summed E-state index contributed by atoms with van der Waals surface area (Å²) in [7, 11) is 0. The van der Waals surface area contributed by atoms with E-state index >= 15 is 0 Å². The van der Waals surface area contributed by atoms with Crippen LogP contribution in [0, 0.1) is 5.92 Å². The molecule has 0 saturated carbocycles. The molecule has 0 aliphatic rings. The molecule has 3 rings (SSSR count). The van der Waals surface area contributed by atoms with E-state index < -0.39 is 0 Å². The summed E-state index contributed by atoms with van der Waals surface area (Å²) in [5, 5.41) is 1.06.